The molecule has 10 nitrogen and oxygen atoms in total. The van der Waals surface area contributed by atoms with Crippen LogP contribution in [0.2, 0.25) is 0 Å². The fraction of sp³-hybridized carbons (Fsp3) is 0.682. The minimum atomic E-state index is -2.61. The van der Waals surface area contributed by atoms with Gasteiger partial charge in [-0.05, 0) is 40.3 Å². The van der Waals surface area contributed by atoms with Gasteiger partial charge in [-0.25, -0.2) is 0 Å². The zero-order valence-electron chi connectivity index (χ0n) is 18.3. The number of aliphatic hydroxyl groups excluding tert-OH is 3. The van der Waals surface area contributed by atoms with Gasteiger partial charge in [-0.3, -0.25) is 19.3 Å². The van der Waals surface area contributed by atoms with Crippen LogP contribution in [0.4, 0.5) is 0 Å². The summed E-state index contributed by atoms with van der Waals surface area (Å²) in [4.78, 5) is 39.9. The predicted octanol–water partition coefficient (Wildman–Crippen LogP) is -0.913. The van der Waals surface area contributed by atoms with Crippen molar-refractivity contribution in [2.45, 2.75) is 56.0 Å². The highest BCUT2D eigenvalue weighted by Gasteiger charge is 2.67. The summed E-state index contributed by atoms with van der Waals surface area (Å²) in [5.41, 5.74) is 0.0515. The van der Waals surface area contributed by atoms with Crippen molar-refractivity contribution >= 4 is 17.5 Å². The third-order valence-electron chi connectivity index (χ3n) is 8.18. The van der Waals surface area contributed by atoms with Gasteiger partial charge in [0.05, 0.1) is 23.7 Å². The lowest BCUT2D eigenvalue weighted by atomic mass is 9.50. The SMILES string of the molecule is CN(C)C1C(=O)C(C(N)=O)=C(O)C2(O)C(O)=C3C(=O)C4C(O)CCCC4C(C)(O)C3CC12. The van der Waals surface area contributed by atoms with Crippen LogP contribution < -0.4 is 5.73 Å². The summed E-state index contributed by atoms with van der Waals surface area (Å²) in [6.45, 7) is 1.54. The Morgan fingerprint density at radius 1 is 1.06 bits per heavy atom. The fourth-order valence-electron chi connectivity index (χ4n) is 6.65. The topological polar surface area (TPSA) is 182 Å². The monoisotopic (exact) mass is 450 g/mol. The molecule has 176 valence electrons. The van der Waals surface area contributed by atoms with Crippen LogP contribution in [0.5, 0.6) is 0 Å². The number of hydrogen-bond acceptors (Lipinski definition) is 9. The van der Waals surface area contributed by atoms with Gasteiger partial charge >= 0.3 is 0 Å². The van der Waals surface area contributed by atoms with Crippen LogP contribution in [-0.4, -0.2) is 85.3 Å². The van der Waals surface area contributed by atoms with Crippen molar-refractivity contribution in [3.05, 3.63) is 22.7 Å². The smallest absolute Gasteiger partial charge is 0.255 e. The molecule has 0 aromatic rings. The maximum Gasteiger partial charge on any atom is 0.255 e. The number of aliphatic hydroxyl groups is 5. The van der Waals surface area contributed by atoms with Crippen LogP contribution in [0.1, 0.15) is 32.6 Å². The Balaban J connectivity index is 1.99. The summed E-state index contributed by atoms with van der Waals surface area (Å²) in [5.74, 6) is -8.31. The molecule has 2 saturated carbocycles. The summed E-state index contributed by atoms with van der Waals surface area (Å²) in [6, 6.07) is -1.15. The quantitative estimate of drug-likeness (QED) is 0.290. The van der Waals surface area contributed by atoms with E-state index in [1.54, 1.807) is 0 Å². The lowest BCUT2D eigenvalue weighted by Crippen LogP contribution is -2.67. The van der Waals surface area contributed by atoms with Gasteiger partial charge in [0.2, 0.25) is 0 Å². The minimum Gasteiger partial charge on any atom is -0.508 e. The number of ketones is 2. The molecule has 4 aliphatic carbocycles. The summed E-state index contributed by atoms with van der Waals surface area (Å²) in [6.07, 6.45) is 0.365. The molecule has 4 rings (SSSR count). The molecule has 0 aromatic carbocycles. The summed E-state index contributed by atoms with van der Waals surface area (Å²) in [7, 11) is 3.08. The Labute approximate surface area is 185 Å². The molecule has 0 radical (unpaired) electrons. The second-order valence-electron chi connectivity index (χ2n) is 10.0. The molecule has 8 unspecified atom stereocenters. The first-order valence-electron chi connectivity index (χ1n) is 10.8. The summed E-state index contributed by atoms with van der Waals surface area (Å²) >= 11 is 0. The number of Topliss-reactive ketones (excluding diaryl/α,β-unsaturated/α-hetero) is 2. The average Bonchev–Trinajstić information content (AvgIpc) is 2.68. The Hall–Kier alpha value is -2.27. The number of amides is 1. The number of carbonyl (C=O) groups excluding carboxylic acids is 3. The molecule has 0 spiro atoms. The highest BCUT2D eigenvalue weighted by atomic mass is 16.4. The highest BCUT2D eigenvalue weighted by molar-refractivity contribution is 6.22. The molecule has 0 aliphatic heterocycles. The van der Waals surface area contributed by atoms with Crippen molar-refractivity contribution in [1.82, 2.24) is 4.90 Å². The van der Waals surface area contributed by atoms with Gasteiger partial charge in [-0.1, -0.05) is 6.42 Å². The van der Waals surface area contributed by atoms with Crippen LogP contribution >= 0.6 is 0 Å². The molecular weight excluding hydrogens is 420 g/mol. The second-order valence-corrected chi connectivity index (χ2v) is 10.0. The molecule has 0 bridgehead atoms. The Bertz CT molecular complexity index is 967. The zero-order chi connectivity index (χ0) is 23.9. The fourth-order valence-corrected chi connectivity index (χ4v) is 6.65. The normalized spacial score (nSPS) is 44.3. The standard InChI is InChI=1S/C22H30N2O8/c1-21(31)8-5-4-6-11(25)12(8)16(26)13-9(21)7-10-15(24(2)3)17(27)14(20(23)30)19(29)22(10,32)18(13)28/h8-12,15,25,28-29,31-32H,4-7H2,1-3H3,(H2,23,30). The van der Waals surface area contributed by atoms with Gasteiger partial charge in [0, 0.05) is 23.3 Å². The molecule has 4 aliphatic rings. The largest absolute Gasteiger partial charge is 0.508 e. The van der Waals surface area contributed by atoms with Crippen LogP contribution in [0.15, 0.2) is 22.7 Å². The van der Waals surface area contributed by atoms with Crippen molar-refractivity contribution in [2.24, 2.45) is 29.4 Å². The van der Waals surface area contributed by atoms with Gasteiger partial charge < -0.3 is 31.3 Å². The number of primary amides is 1. The average molecular weight is 450 g/mol. The lowest BCUT2D eigenvalue weighted by molar-refractivity contribution is -0.169. The van der Waals surface area contributed by atoms with E-state index in [1.165, 1.54) is 25.9 Å². The summed E-state index contributed by atoms with van der Waals surface area (Å²) in [5, 5.41) is 55.7. The van der Waals surface area contributed by atoms with Crippen LogP contribution in [-0.2, 0) is 14.4 Å². The van der Waals surface area contributed by atoms with Crippen molar-refractivity contribution in [3.8, 4) is 0 Å². The van der Waals surface area contributed by atoms with E-state index in [2.05, 4.69) is 0 Å². The lowest BCUT2D eigenvalue weighted by Gasteiger charge is -2.57. The maximum absolute atomic E-state index is 13.5. The second kappa shape index (κ2) is 7.11. The molecule has 0 heterocycles. The third-order valence-corrected chi connectivity index (χ3v) is 8.18. The molecule has 10 heteroatoms. The number of rotatable bonds is 2. The Morgan fingerprint density at radius 3 is 2.25 bits per heavy atom. The number of nitrogens with zero attached hydrogens (tertiary/aromatic N) is 1. The molecular formula is C22H30N2O8. The zero-order valence-corrected chi connectivity index (χ0v) is 18.3. The summed E-state index contributed by atoms with van der Waals surface area (Å²) < 4.78 is 0. The first-order valence-corrected chi connectivity index (χ1v) is 10.8. The van der Waals surface area contributed by atoms with Crippen LogP contribution in [0, 0.1) is 23.7 Å². The third kappa shape index (κ3) is 2.70. The van der Waals surface area contributed by atoms with Gasteiger partial charge in [-0.15, -0.1) is 0 Å². The van der Waals surface area contributed by atoms with Crippen LogP contribution in [0.25, 0.3) is 0 Å². The predicted molar refractivity (Wildman–Crippen MR) is 110 cm³/mol. The van der Waals surface area contributed by atoms with Crippen molar-refractivity contribution < 1.29 is 39.9 Å². The van der Waals surface area contributed by atoms with Crippen molar-refractivity contribution in [3.63, 3.8) is 0 Å². The minimum absolute atomic E-state index is 0.112. The highest BCUT2D eigenvalue weighted by Crippen LogP contribution is 2.58. The number of hydrogen-bond donors (Lipinski definition) is 6. The van der Waals surface area contributed by atoms with E-state index in [0.29, 0.717) is 19.3 Å². The Morgan fingerprint density at radius 2 is 1.69 bits per heavy atom. The van der Waals surface area contributed by atoms with Gasteiger partial charge in [0.25, 0.3) is 5.91 Å². The number of carbonyl (C=O) groups is 3. The van der Waals surface area contributed by atoms with E-state index in [-0.39, 0.29) is 12.0 Å². The number of likely N-dealkylation sites (N-methyl/N-ethyl adjacent to an activating group) is 1. The molecule has 8 atom stereocenters. The van der Waals surface area contributed by atoms with E-state index < -0.39 is 81.6 Å². The van der Waals surface area contributed by atoms with Gasteiger partial charge in [0.1, 0.15) is 17.1 Å². The molecule has 0 saturated heterocycles. The van der Waals surface area contributed by atoms with Crippen LogP contribution in [0.3, 0.4) is 0 Å². The van der Waals surface area contributed by atoms with E-state index in [0.717, 1.165) is 0 Å². The molecule has 2 fully saturated rings. The van der Waals surface area contributed by atoms with E-state index in [4.69, 9.17) is 5.73 Å². The van der Waals surface area contributed by atoms with Crippen molar-refractivity contribution in [2.75, 3.05) is 14.1 Å². The molecule has 7 N–H and O–H groups in total. The number of nitrogens with two attached hydrogens (primary N) is 1. The van der Waals surface area contributed by atoms with E-state index >= 15 is 0 Å². The van der Waals surface area contributed by atoms with Gasteiger partial charge in [0.15, 0.2) is 17.2 Å². The van der Waals surface area contributed by atoms with E-state index in [1.807, 2.05) is 0 Å². The molecule has 0 aromatic heterocycles. The van der Waals surface area contributed by atoms with Crippen molar-refractivity contribution in [1.29, 1.82) is 0 Å². The molecule has 1 amide bonds. The first kappa shape index (κ1) is 22.9. The van der Waals surface area contributed by atoms with E-state index in [9.17, 15) is 39.9 Å². The number of fused-ring (bicyclic) bond motifs is 3. The maximum atomic E-state index is 13.5. The Kier molecular flexibility index (Phi) is 5.09. The first-order chi connectivity index (χ1) is 14.8. The molecule has 32 heavy (non-hydrogen) atoms. The van der Waals surface area contributed by atoms with Gasteiger partial charge in [-0.2, -0.15) is 0 Å².